The van der Waals surface area contributed by atoms with E-state index < -0.39 is 0 Å². The summed E-state index contributed by atoms with van der Waals surface area (Å²) in [6.45, 7) is 3.54. The molecule has 0 atom stereocenters. The van der Waals surface area contributed by atoms with Crippen LogP contribution >= 0.6 is 0 Å². The Morgan fingerprint density at radius 2 is 2.13 bits per heavy atom. The van der Waals surface area contributed by atoms with Crippen molar-refractivity contribution < 1.29 is 4.74 Å². The molecule has 2 N–H and O–H groups in total. The number of pyridine rings is 1. The molecule has 1 fully saturated rings. The van der Waals surface area contributed by atoms with E-state index in [9.17, 15) is 5.26 Å². The van der Waals surface area contributed by atoms with E-state index in [2.05, 4.69) is 21.7 Å². The van der Waals surface area contributed by atoms with Gasteiger partial charge in [0.1, 0.15) is 6.07 Å². The second-order valence-electron chi connectivity index (χ2n) is 6.21. The summed E-state index contributed by atoms with van der Waals surface area (Å²) in [5.41, 5.74) is 2.48. The normalized spacial score (nSPS) is 16.9. The molecule has 0 bridgehead atoms. The van der Waals surface area contributed by atoms with Crippen molar-refractivity contribution in [1.29, 1.82) is 5.26 Å². The molecule has 0 unspecified atom stereocenters. The fourth-order valence-corrected chi connectivity index (χ4v) is 3.33. The Morgan fingerprint density at radius 3 is 2.87 bits per heavy atom. The van der Waals surface area contributed by atoms with Crippen LogP contribution in [0.2, 0.25) is 0 Å². The van der Waals surface area contributed by atoms with Crippen LogP contribution in [0.3, 0.4) is 0 Å². The third-order valence-corrected chi connectivity index (χ3v) is 4.65. The summed E-state index contributed by atoms with van der Waals surface area (Å²) in [7, 11) is 1.76. The lowest BCUT2D eigenvalue weighted by Gasteiger charge is -2.37. The molecule has 120 valence electrons. The third kappa shape index (κ3) is 3.29. The van der Waals surface area contributed by atoms with Crippen LogP contribution < -0.4 is 10.6 Å². The SMILES string of the molecule is COCC1(CNc2c(C#N)cnc3ccccc23)CCNCC1. The number of nitrogens with one attached hydrogen (secondary N) is 2. The largest absolute Gasteiger partial charge is 0.384 e. The number of aromatic nitrogens is 1. The van der Waals surface area contributed by atoms with Crippen LogP contribution in [0.1, 0.15) is 18.4 Å². The summed E-state index contributed by atoms with van der Waals surface area (Å²) in [5.74, 6) is 0. The van der Waals surface area contributed by atoms with Crippen molar-refractivity contribution in [1.82, 2.24) is 10.3 Å². The molecule has 5 heteroatoms. The van der Waals surface area contributed by atoms with Gasteiger partial charge in [-0.15, -0.1) is 0 Å². The van der Waals surface area contributed by atoms with Crippen LogP contribution in [0.25, 0.3) is 10.9 Å². The lowest BCUT2D eigenvalue weighted by atomic mass is 9.79. The summed E-state index contributed by atoms with van der Waals surface area (Å²) in [4.78, 5) is 4.36. The molecule has 0 aliphatic carbocycles. The van der Waals surface area contributed by atoms with Crippen molar-refractivity contribution in [2.24, 2.45) is 5.41 Å². The predicted octanol–water partition coefficient (Wildman–Crippen LogP) is 2.53. The molecule has 2 heterocycles. The van der Waals surface area contributed by atoms with Crippen LogP contribution in [0, 0.1) is 16.7 Å². The van der Waals surface area contributed by atoms with E-state index in [-0.39, 0.29) is 5.41 Å². The predicted molar refractivity (Wildman–Crippen MR) is 91.4 cm³/mol. The Kier molecular flexibility index (Phi) is 4.75. The summed E-state index contributed by atoms with van der Waals surface area (Å²) in [6.07, 6.45) is 3.79. The van der Waals surface area contributed by atoms with Crippen molar-refractivity contribution in [2.45, 2.75) is 12.8 Å². The van der Waals surface area contributed by atoms with Gasteiger partial charge in [0, 0.05) is 30.7 Å². The van der Waals surface area contributed by atoms with E-state index in [1.165, 1.54) is 0 Å². The Bertz CT molecular complexity index is 711. The van der Waals surface area contributed by atoms with Gasteiger partial charge >= 0.3 is 0 Å². The molecule has 5 nitrogen and oxygen atoms in total. The van der Waals surface area contributed by atoms with E-state index in [4.69, 9.17) is 4.74 Å². The number of nitrogens with zero attached hydrogens (tertiary/aromatic N) is 2. The van der Waals surface area contributed by atoms with Gasteiger partial charge < -0.3 is 15.4 Å². The molecule has 1 aliphatic heterocycles. The van der Waals surface area contributed by atoms with Crippen LogP contribution in [0.4, 0.5) is 5.69 Å². The Labute approximate surface area is 136 Å². The van der Waals surface area contributed by atoms with Crippen LogP contribution in [-0.4, -0.2) is 38.3 Å². The molecule has 0 amide bonds. The maximum atomic E-state index is 9.42. The minimum absolute atomic E-state index is 0.108. The molecule has 1 saturated heterocycles. The highest BCUT2D eigenvalue weighted by molar-refractivity contribution is 5.93. The van der Waals surface area contributed by atoms with Crippen molar-refractivity contribution in [3.63, 3.8) is 0 Å². The standard InChI is InChI=1S/C18H22N4O/c1-23-13-18(6-8-20-9-7-18)12-22-17-14(10-19)11-21-16-5-3-2-4-15(16)17/h2-5,11,20H,6-9,12-13H2,1H3,(H,21,22). The average Bonchev–Trinajstić information content (AvgIpc) is 2.60. The molecule has 0 saturated carbocycles. The highest BCUT2D eigenvalue weighted by atomic mass is 16.5. The highest BCUT2D eigenvalue weighted by Gasteiger charge is 2.32. The minimum atomic E-state index is 0.108. The summed E-state index contributed by atoms with van der Waals surface area (Å²) in [6, 6.07) is 10.2. The number of benzene rings is 1. The van der Waals surface area contributed by atoms with Gasteiger partial charge in [0.25, 0.3) is 0 Å². The van der Waals surface area contributed by atoms with E-state index in [0.29, 0.717) is 5.56 Å². The molecule has 1 aromatic heterocycles. The van der Waals surface area contributed by atoms with Crippen molar-refractivity contribution >= 4 is 16.6 Å². The molecule has 2 aromatic rings. The minimum Gasteiger partial charge on any atom is -0.384 e. The quantitative estimate of drug-likeness (QED) is 0.888. The first-order valence-electron chi connectivity index (χ1n) is 7.99. The maximum Gasteiger partial charge on any atom is 0.103 e. The number of rotatable bonds is 5. The summed E-state index contributed by atoms with van der Waals surface area (Å²) >= 11 is 0. The number of hydrogen-bond acceptors (Lipinski definition) is 5. The molecule has 0 radical (unpaired) electrons. The molecule has 1 aromatic carbocycles. The van der Waals surface area contributed by atoms with Gasteiger partial charge in [-0.1, -0.05) is 18.2 Å². The maximum absolute atomic E-state index is 9.42. The van der Waals surface area contributed by atoms with E-state index in [0.717, 1.165) is 55.7 Å². The summed E-state index contributed by atoms with van der Waals surface area (Å²) in [5, 5.41) is 17.3. The molecule has 0 spiro atoms. The lowest BCUT2D eigenvalue weighted by molar-refractivity contribution is 0.0636. The Balaban J connectivity index is 1.89. The topological polar surface area (TPSA) is 70.0 Å². The van der Waals surface area contributed by atoms with Gasteiger partial charge in [-0.3, -0.25) is 4.98 Å². The molecule has 1 aliphatic rings. The molecular weight excluding hydrogens is 288 g/mol. The van der Waals surface area contributed by atoms with Crippen molar-refractivity contribution in [2.75, 3.05) is 38.7 Å². The first-order chi connectivity index (χ1) is 11.3. The number of methoxy groups -OCH3 is 1. The van der Waals surface area contributed by atoms with Crippen molar-refractivity contribution in [3.8, 4) is 6.07 Å². The zero-order valence-corrected chi connectivity index (χ0v) is 13.4. The fraction of sp³-hybridized carbons (Fsp3) is 0.444. The second kappa shape index (κ2) is 6.95. The number of anilines is 1. The monoisotopic (exact) mass is 310 g/mol. The number of para-hydroxylation sites is 1. The molecule has 3 rings (SSSR count). The number of hydrogen-bond donors (Lipinski definition) is 2. The van der Waals surface area contributed by atoms with Crippen LogP contribution in [0.15, 0.2) is 30.5 Å². The number of ether oxygens (including phenoxy) is 1. The smallest absolute Gasteiger partial charge is 0.103 e. The van der Waals surface area contributed by atoms with Gasteiger partial charge in [-0.25, -0.2) is 0 Å². The third-order valence-electron chi connectivity index (χ3n) is 4.65. The zero-order chi connectivity index (χ0) is 16.1. The number of piperidine rings is 1. The lowest BCUT2D eigenvalue weighted by Crippen LogP contribution is -2.44. The highest BCUT2D eigenvalue weighted by Crippen LogP contribution is 2.32. The number of nitriles is 1. The van der Waals surface area contributed by atoms with E-state index in [1.807, 2.05) is 24.3 Å². The average molecular weight is 310 g/mol. The number of fused-ring (bicyclic) bond motifs is 1. The Hall–Kier alpha value is -2.16. The van der Waals surface area contributed by atoms with Crippen LogP contribution in [0.5, 0.6) is 0 Å². The van der Waals surface area contributed by atoms with Crippen molar-refractivity contribution in [3.05, 3.63) is 36.0 Å². The Morgan fingerprint density at radius 1 is 1.35 bits per heavy atom. The molecular formula is C18H22N4O. The zero-order valence-electron chi connectivity index (χ0n) is 13.4. The van der Waals surface area contributed by atoms with E-state index in [1.54, 1.807) is 13.3 Å². The van der Waals surface area contributed by atoms with Gasteiger partial charge in [-0.05, 0) is 32.0 Å². The summed E-state index contributed by atoms with van der Waals surface area (Å²) < 4.78 is 5.47. The van der Waals surface area contributed by atoms with Gasteiger partial charge in [0.05, 0.1) is 23.4 Å². The van der Waals surface area contributed by atoms with E-state index >= 15 is 0 Å². The van der Waals surface area contributed by atoms with Gasteiger partial charge in [0.15, 0.2) is 0 Å². The first kappa shape index (κ1) is 15.7. The molecule has 23 heavy (non-hydrogen) atoms. The van der Waals surface area contributed by atoms with Crippen LogP contribution in [-0.2, 0) is 4.74 Å². The second-order valence-corrected chi connectivity index (χ2v) is 6.21. The van der Waals surface area contributed by atoms with Gasteiger partial charge in [0.2, 0.25) is 0 Å². The fourth-order valence-electron chi connectivity index (χ4n) is 3.33. The first-order valence-corrected chi connectivity index (χ1v) is 7.99. The van der Waals surface area contributed by atoms with Gasteiger partial charge in [-0.2, -0.15) is 5.26 Å².